The largest absolute Gasteiger partial charge is 0.472 e. The van der Waals surface area contributed by atoms with Crippen LogP contribution in [0.15, 0.2) is 41.2 Å². The van der Waals surface area contributed by atoms with Crippen LogP contribution in [0, 0.1) is 6.92 Å². The van der Waals surface area contributed by atoms with Crippen LogP contribution in [0.5, 0.6) is 0 Å². The topological polar surface area (TPSA) is 54.3 Å². The number of nitrogens with one attached hydrogen (secondary N) is 2. The number of carbonyl (C=O) groups is 1. The molecule has 0 aliphatic rings. The Hall–Kier alpha value is -2.23. The van der Waals surface area contributed by atoms with Gasteiger partial charge in [-0.2, -0.15) is 0 Å². The first-order valence-electron chi connectivity index (χ1n) is 6.79. The van der Waals surface area contributed by atoms with Gasteiger partial charge < -0.3 is 15.1 Å². The Morgan fingerprint density at radius 2 is 2.15 bits per heavy atom. The van der Waals surface area contributed by atoms with Crippen LogP contribution in [0.2, 0.25) is 0 Å². The Morgan fingerprint density at radius 1 is 1.35 bits per heavy atom. The SMILES string of the molecule is CCNC(=O)c1ccc(NC(C)c2ccoc2)c(C)c1. The van der Waals surface area contributed by atoms with Gasteiger partial charge in [0.25, 0.3) is 5.91 Å². The summed E-state index contributed by atoms with van der Waals surface area (Å²) in [5, 5.41) is 6.22. The molecule has 0 radical (unpaired) electrons. The van der Waals surface area contributed by atoms with Gasteiger partial charge in [0.1, 0.15) is 0 Å². The highest BCUT2D eigenvalue weighted by Crippen LogP contribution is 2.23. The van der Waals surface area contributed by atoms with E-state index in [0.29, 0.717) is 12.1 Å². The molecule has 0 aliphatic carbocycles. The van der Waals surface area contributed by atoms with Crippen LogP contribution in [0.4, 0.5) is 5.69 Å². The molecule has 1 aromatic heterocycles. The molecule has 1 heterocycles. The number of benzene rings is 1. The van der Waals surface area contributed by atoms with Gasteiger partial charge in [0, 0.05) is 23.4 Å². The highest BCUT2D eigenvalue weighted by molar-refractivity contribution is 5.94. The van der Waals surface area contributed by atoms with Crippen molar-refractivity contribution < 1.29 is 9.21 Å². The molecular weight excluding hydrogens is 252 g/mol. The number of hydrogen-bond donors (Lipinski definition) is 2. The Kier molecular flexibility index (Phi) is 4.45. The maximum atomic E-state index is 11.8. The number of amides is 1. The molecule has 0 bridgehead atoms. The highest BCUT2D eigenvalue weighted by atomic mass is 16.3. The van der Waals surface area contributed by atoms with Crippen LogP contribution in [0.3, 0.4) is 0 Å². The Labute approximate surface area is 119 Å². The summed E-state index contributed by atoms with van der Waals surface area (Å²) in [5.74, 6) is -0.0370. The summed E-state index contributed by atoms with van der Waals surface area (Å²) in [5.41, 5.74) is 3.85. The van der Waals surface area contributed by atoms with Crippen molar-refractivity contribution in [1.29, 1.82) is 0 Å². The van der Waals surface area contributed by atoms with E-state index in [1.54, 1.807) is 12.5 Å². The molecule has 1 amide bonds. The van der Waals surface area contributed by atoms with Gasteiger partial charge in [-0.1, -0.05) is 0 Å². The molecule has 2 aromatic rings. The van der Waals surface area contributed by atoms with Crippen LogP contribution in [-0.2, 0) is 0 Å². The zero-order valence-electron chi connectivity index (χ0n) is 12.1. The van der Waals surface area contributed by atoms with Gasteiger partial charge in [0.05, 0.1) is 18.6 Å². The monoisotopic (exact) mass is 272 g/mol. The molecule has 0 aliphatic heterocycles. The van der Waals surface area contributed by atoms with E-state index in [2.05, 4.69) is 17.6 Å². The molecule has 0 spiro atoms. The van der Waals surface area contributed by atoms with Gasteiger partial charge in [0.15, 0.2) is 0 Å². The van der Waals surface area contributed by atoms with Gasteiger partial charge in [0.2, 0.25) is 0 Å². The molecule has 1 unspecified atom stereocenters. The number of anilines is 1. The second kappa shape index (κ2) is 6.28. The quantitative estimate of drug-likeness (QED) is 0.875. The third kappa shape index (κ3) is 3.20. The van der Waals surface area contributed by atoms with E-state index in [-0.39, 0.29) is 11.9 Å². The first kappa shape index (κ1) is 14.2. The van der Waals surface area contributed by atoms with Crippen LogP contribution >= 0.6 is 0 Å². The van der Waals surface area contributed by atoms with Gasteiger partial charge in [-0.3, -0.25) is 4.79 Å². The van der Waals surface area contributed by atoms with Crippen LogP contribution in [-0.4, -0.2) is 12.5 Å². The van der Waals surface area contributed by atoms with Crippen LogP contribution in [0.1, 0.15) is 41.4 Å². The standard InChI is InChI=1S/C16H20N2O2/c1-4-17-16(19)13-5-6-15(11(2)9-13)18-12(3)14-7-8-20-10-14/h5-10,12,18H,4H2,1-3H3,(H,17,19). The summed E-state index contributed by atoms with van der Waals surface area (Å²) >= 11 is 0. The summed E-state index contributed by atoms with van der Waals surface area (Å²) in [7, 11) is 0. The Morgan fingerprint density at radius 3 is 2.75 bits per heavy atom. The summed E-state index contributed by atoms with van der Waals surface area (Å²) < 4.78 is 5.09. The van der Waals surface area contributed by atoms with Crippen molar-refractivity contribution in [1.82, 2.24) is 5.32 Å². The molecule has 2 rings (SSSR count). The number of hydrogen-bond acceptors (Lipinski definition) is 3. The summed E-state index contributed by atoms with van der Waals surface area (Å²) in [6.07, 6.45) is 3.40. The lowest BCUT2D eigenvalue weighted by molar-refractivity contribution is 0.0956. The fourth-order valence-corrected chi connectivity index (χ4v) is 2.07. The van der Waals surface area contributed by atoms with E-state index in [4.69, 9.17) is 4.42 Å². The molecule has 20 heavy (non-hydrogen) atoms. The molecule has 1 atom stereocenters. The average molecular weight is 272 g/mol. The third-order valence-electron chi connectivity index (χ3n) is 3.24. The Bertz CT molecular complexity index is 576. The molecule has 4 nitrogen and oxygen atoms in total. The number of furan rings is 1. The minimum atomic E-state index is -0.0370. The fourth-order valence-electron chi connectivity index (χ4n) is 2.07. The van der Waals surface area contributed by atoms with E-state index in [0.717, 1.165) is 16.8 Å². The molecule has 106 valence electrons. The molecule has 0 saturated heterocycles. The lowest BCUT2D eigenvalue weighted by Crippen LogP contribution is -2.22. The van der Waals surface area contributed by atoms with Crippen LogP contribution < -0.4 is 10.6 Å². The highest BCUT2D eigenvalue weighted by Gasteiger charge is 2.10. The molecule has 1 aromatic carbocycles. The maximum absolute atomic E-state index is 11.8. The van der Waals surface area contributed by atoms with E-state index in [9.17, 15) is 4.79 Å². The van der Waals surface area contributed by atoms with Crippen molar-refractivity contribution in [3.05, 3.63) is 53.5 Å². The summed E-state index contributed by atoms with van der Waals surface area (Å²) in [4.78, 5) is 11.8. The zero-order valence-corrected chi connectivity index (χ0v) is 12.1. The van der Waals surface area contributed by atoms with E-state index < -0.39 is 0 Å². The second-order valence-electron chi connectivity index (χ2n) is 4.81. The van der Waals surface area contributed by atoms with Crippen molar-refractivity contribution in [2.45, 2.75) is 26.8 Å². The third-order valence-corrected chi connectivity index (χ3v) is 3.24. The molecule has 2 N–H and O–H groups in total. The average Bonchev–Trinajstić information content (AvgIpc) is 2.95. The predicted octanol–water partition coefficient (Wildman–Crippen LogP) is 3.51. The van der Waals surface area contributed by atoms with Crippen molar-refractivity contribution >= 4 is 11.6 Å². The first-order chi connectivity index (χ1) is 9.61. The first-order valence-corrected chi connectivity index (χ1v) is 6.79. The number of rotatable bonds is 5. The van der Waals surface area contributed by atoms with Gasteiger partial charge in [-0.25, -0.2) is 0 Å². The molecule has 4 heteroatoms. The van der Waals surface area contributed by atoms with Gasteiger partial charge in [-0.05, 0) is 50.6 Å². The van der Waals surface area contributed by atoms with Crippen molar-refractivity contribution in [3.63, 3.8) is 0 Å². The fraction of sp³-hybridized carbons (Fsp3) is 0.312. The normalized spacial score (nSPS) is 11.9. The Balaban J connectivity index is 2.12. The lowest BCUT2D eigenvalue weighted by atomic mass is 10.1. The molecule has 0 saturated carbocycles. The molecule has 0 fully saturated rings. The van der Waals surface area contributed by atoms with E-state index >= 15 is 0 Å². The van der Waals surface area contributed by atoms with Crippen LogP contribution in [0.25, 0.3) is 0 Å². The maximum Gasteiger partial charge on any atom is 0.251 e. The second-order valence-corrected chi connectivity index (χ2v) is 4.81. The van der Waals surface area contributed by atoms with Crippen molar-refractivity contribution in [2.75, 3.05) is 11.9 Å². The van der Waals surface area contributed by atoms with Crippen molar-refractivity contribution in [3.8, 4) is 0 Å². The molecular formula is C16H20N2O2. The smallest absolute Gasteiger partial charge is 0.251 e. The number of carbonyl (C=O) groups excluding carboxylic acids is 1. The van der Waals surface area contributed by atoms with Gasteiger partial charge in [-0.15, -0.1) is 0 Å². The predicted molar refractivity (Wildman–Crippen MR) is 79.9 cm³/mol. The lowest BCUT2D eigenvalue weighted by Gasteiger charge is -2.16. The van der Waals surface area contributed by atoms with Gasteiger partial charge >= 0.3 is 0 Å². The summed E-state index contributed by atoms with van der Waals surface area (Å²) in [6.45, 7) is 6.61. The number of aryl methyl sites for hydroxylation is 1. The zero-order chi connectivity index (χ0) is 14.5. The summed E-state index contributed by atoms with van der Waals surface area (Å²) in [6, 6.07) is 7.77. The van der Waals surface area contributed by atoms with E-state index in [1.807, 2.05) is 38.1 Å². The minimum Gasteiger partial charge on any atom is -0.472 e. The van der Waals surface area contributed by atoms with Crippen molar-refractivity contribution in [2.24, 2.45) is 0 Å². The minimum absolute atomic E-state index is 0.0370. The van der Waals surface area contributed by atoms with E-state index in [1.165, 1.54) is 0 Å².